The van der Waals surface area contributed by atoms with Gasteiger partial charge in [0.1, 0.15) is 5.52 Å². The van der Waals surface area contributed by atoms with Crippen LogP contribution < -0.4 is 0 Å². The molecule has 2 heterocycles. The molecule has 96 valence electrons. The first-order valence-electron chi connectivity index (χ1n) is 6.36. The molecule has 3 unspecified atom stereocenters. The molecule has 0 N–H and O–H groups in total. The smallest absolute Gasteiger partial charge is 0.197 e. The topological polar surface area (TPSA) is 35.3 Å². The number of rotatable bonds is 3. The summed E-state index contributed by atoms with van der Waals surface area (Å²) in [5.41, 5.74) is 1.70. The molecule has 1 fully saturated rings. The van der Waals surface area contributed by atoms with Crippen molar-refractivity contribution >= 4 is 22.7 Å². The van der Waals surface area contributed by atoms with Gasteiger partial charge in [0, 0.05) is 6.42 Å². The van der Waals surface area contributed by atoms with Crippen molar-refractivity contribution in [1.29, 1.82) is 0 Å². The van der Waals surface area contributed by atoms with Crippen molar-refractivity contribution in [3.05, 3.63) is 30.2 Å². The zero-order valence-corrected chi connectivity index (χ0v) is 11.1. The van der Waals surface area contributed by atoms with E-state index in [1.807, 2.05) is 24.3 Å². The van der Waals surface area contributed by atoms with Gasteiger partial charge in [-0.15, -0.1) is 11.6 Å². The van der Waals surface area contributed by atoms with E-state index >= 15 is 0 Å². The Morgan fingerprint density at radius 1 is 1.39 bits per heavy atom. The average Bonchev–Trinajstić information content (AvgIpc) is 2.94. The zero-order chi connectivity index (χ0) is 12.5. The molecular formula is C14H16ClNO2. The monoisotopic (exact) mass is 265 g/mol. The van der Waals surface area contributed by atoms with Gasteiger partial charge in [-0.05, 0) is 31.9 Å². The normalized spacial score (nSPS) is 25.7. The van der Waals surface area contributed by atoms with Crippen molar-refractivity contribution in [1.82, 2.24) is 4.98 Å². The maximum atomic E-state index is 6.39. The van der Waals surface area contributed by atoms with Gasteiger partial charge in [-0.25, -0.2) is 4.98 Å². The minimum absolute atomic E-state index is 0.0667. The van der Waals surface area contributed by atoms with E-state index in [0.29, 0.717) is 18.4 Å². The van der Waals surface area contributed by atoms with Crippen LogP contribution in [0, 0.1) is 0 Å². The number of para-hydroxylation sites is 2. The van der Waals surface area contributed by atoms with Crippen LogP contribution in [0.3, 0.4) is 0 Å². The molecule has 0 radical (unpaired) electrons. The number of oxazole rings is 1. The lowest BCUT2D eigenvalue weighted by atomic mass is 10.1. The van der Waals surface area contributed by atoms with Gasteiger partial charge in [-0.1, -0.05) is 12.1 Å². The third kappa shape index (κ3) is 2.38. The van der Waals surface area contributed by atoms with E-state index in [2.05, 4.69) is 11.9 Å². The minimum atomic E-state index is -0.0667. The van der Waals surface area contributed by atoms with Crippen LogP contribution in [0.2, 0.25) is 0 Å². The molecule has 0 bridgehead atoms. The third-order valence-electron chi connectivity index (χ3n) is 3.38. The molecule has 1 aliphatic heterocycles. The van der Waals surface area contributed by atoms with Crippen molar-refractivity contribution < 1.29 is 9.15 Å². The van der Waals surface area contributed by atoms with Crippen molar-refractivity contribution in [2.45, 2.75) is 43.8 Å². The zero-order valence-electron chi connectivity index (χ0n) is 10.3. The first-order valence-corrected chi connectivity index (χ1v) is 6.80. The van der Waals surface area contributed by atoms with E-state index in [1.54, 1.807) is 0 Å². The summed E-state index contributed by atoms with van der Waals surface area (Å²) < 4.78 is 11.4. The molecular weight excluding hydrogens is 250 g/mol. The Morgan fingerprint density at radius 3 is 2.94 bits per heavy atom. The van der Waals surface area contributed by atoms with Crippen LogP contribution in [-0.4, -0.2) is 22.6 Å². The molecule has 0 saturated carbocycles. The number of benzene rings is 1. The molecule has 1 aromatic carbocycles. The number of alkyl halides is 1. The second-order valence-corrected chi connectivity index (χ2v) is 5.42. The summed E-state index contributed by atoms with van der Waals surface area (Å²) in [5, 5.41) is -0.0667. The first kappa shape index (κ1) is 12.0. The van der Waals surface area contributed by atoms with Crippen LogP contribution in [0.15, 0.2) is 28.7 Å². The summed E-state index contributed by atoms with van der Waals surface area (Å²) in [6.07, 6.45) is 3.17. The quantitative estimate of drug-likeness (QED) is 0.796. The van der Waals surface area contributed by atoms with Crippen LogP contribution in [-0.2, 0) is 11.2 Å². The fourth-order valence-corrected chi connectivity index (χ4v) is 2.72. The van der Waals surface area contributed by atoms with Crippen molar-refractivity contribution in [2.75, 3.05) is 0 Å². The lowest BCUT2D eigenvalue weighted by Crippen LogP contribution is -2.23. The summed E-state index contributed by atoms with van der Waals surface area (Å²) in [6.45, 7) is 2.09. The average molecular weight is 266 g/mol. The maximum absolute atomic E-state index is 6.39. The van der Waals surface area contributed by atoms with Gasteiger partial charge in [0.15, 0.2) is 11.5 Å². The number of ether oxygens (including phenoxy) is 1. The van der Waals surface area contributed by atoms with Gasteiger partial charge in [-0.3, -0.25) is 0 Å². The molecule has 1 aliphatic rings. The molecule has 0 spiro atoms. The molecule has 3 atom stereocenters. The number of aromatic nitrogens is 1. The van der Waals surface area contributed by atoms with Crippen molar-refractivity contribution in [3.63, 3.8) is 0 Å². The Labute approximate surface area is 111 Å². The number of fused-ring (bicyclic) bond motifs is 1. The molecule has 1 aromatic heterocycles. The molecule has 4 heteroatoms. The second-order valence-electron chi connectivity index (χ2n) is 4.86. The summed E-state index contributed by atoms with van der Waals surface area (Å²) in [6, 6.07) is 7.76. The fraction of sp³-hybridized carbons (Fsp3) is 0.500. The van der Waals surface area contributed by atoms with E-state index in [1.165, 1.54) is 0 Å². The highest BCUT2D eigenvalue weighted by atomic mass is 35.5. The highest BCUT2D eigenvalue weighted by Crippen LogP contribution is 2.27. The molecule has 0 amide bonds. The Hall–Kier alpha value is -1.06. The molecule has 1 saturated heterocycles. The van der Waals surface area contributed by atoms with E-state index in [0.717, 1.165) is 23.9 Å². The van der Waals surface area contributed by atoms with E-state index < -0.39 is 0 Å². The molecule has 2 aromatic rings. The predicted molar refractivity (Wildman–Crippen MR) is 70.9 cm³/mol. The van der Waals surface area contributed by atoms with Crippen molar-refractivity contribution in [3.8, 4) is 0 Å². The van der Waals surface area contributed by atoms with Gasteiger partial charge in [0.05, 0.1) is 17.6 Å². The summed E-state index contributed by atoms with van der Waals surface area (Å²) in [4.78, 5) is 4.44. The lowest BCUT2D eigenvalue weighted by molar-refractivity contribution is 0.0526. The van der Waals surface area contributed by atoms with E-state index in [9.17, 15) is 0 Å². The highest BCUT2D eigenvalue weighted by molar-refractivity contribution is 6.21. The predicted octanol–water partition coefficient (Wildman–Crippen LogP) is 3.55. The number of halogens is 1. The van der Waals surface area contributed by atoms with Crippen LogP contribution in [0.4, 0.5) is 0 Å². The largest absolute Gasteiger partial charge is 0.441 e. The van der Waals surface area contributed by atoms with Gasteiger partial charge < -0.3 is 9.15 Å². The Morgan fingerprint density at radius 2 is 2.22 bits per heavy atom. The first-order chi connectivity index (χ1) is 8.72. The Balaban J connectivity index is 1.71. The van der Waals surface area contributed by atoms with Crippen LogP contribution >= 0.6 is 11.6 Å². The summed E-state index contributed by atoms with van der Waals surface area (Å²) >= 11 is 6.39. The molecule has 18 heavy (non-hydrogen) atoms. The Bertz CT molecular complexity index is 506. The lowest BCUT2D eigenvalue weighted by Gasteiger charge is -2.15. The Kier molecular flexibility index (Phi) is 3.27. The van der Waals surface area contributed by atoms with Crippen molar-refractivity contribution in [2.24, 2.45) is 0 Å². The van der Waals surface area contributed by atoms with Crippen LogP contribution in [0.25, 0.3) is 11.1 Å². The van der Waals surface area contributed by atoms with Gasteiger partial charge >= 0.3 is 0 Å². The molecule has 0 aliphatic carbocycles. The van der Waals surface area contributed by atoms with Gasteiger partial charge in [0.25, 0.3) is 0 Å². The number of hydrogen-bond acceptors (Lipinski definition) is 3. The second kappa shape index (κ2) is 4.90. The SMILES string of the molecule is CC1CCC(C(Cl)Cc2nc3ccccc3o2)O1. The van der Waals surface area contributed by atoms with E-state index in [-0.39, 0.29) is 11.5 Å². The van der Waals surface area contributed by atoms with Crippen LogP contribution in [0.1, 0.15) is 25.7 Å². The number of hydrogen-bond donors (Lipinski definition) is 0. The molecule has 3 rings (SSSR count). The highest BCUT2D eigenvalue weighted by Gasteiger charge is 2.29. The standard InChI is InChI=1S/C14H16ClNO2/c1-9-6-7-12(17-9)10(15)8-14-16-11-4-2-3-5-13(11)18-14/h2-5,9-10,12H,6-8H2,1H3. The summed E-state index contributed by atoms with van der Waals surface area (Å²) in [7, 11) is 0. The van der Waals surface area contributed by atoms with Gasteiger partial charge in [0.2, 0.25) is 0 Å². The fourth-order valence-electron chi connectivity index (χ4n) is 2.41. The van der Waals surface area contributed by atoms with E-state index in [4.69, 9.17) is 20.8 Å². The number of nitrogens with zero attached hydrogens (tertiary/aromatic N) is 1. The minimum Gasteiger partial charge on any atom is -0.441 e. The van der Waals surface area contributed by atoms with Gasteiger partial charge in [-0.2, -0.15) is 0 Å². The molecule has 3 nitrogen and oxygen atoms in total. The maximum Gasteiger partial charge on any atom is 0.197 e. The third-order valence-corrected chi connectivity index (χ3v) is 3.81. The van der Waals surface area contributed by atoms with Crippen LogP contribution in [0.5, 0.6) is 0 Å². The summed E-state index contributed by atoms with van der Waals surface area (Å²) in [5.74, 6) is 0.694.